The van der Waals surface area contributed by atoms with Crippen LogP contribution in [0.25, 0.3) is 44.1 Å². The van der Waals surface area contributed by atoms with E-state index in [1.54, 1.807) is 0 Å². The molecule has 1 aliphatic rings. The molecule has 1 saturated carbocycles. The monoisotopic (exact) mass is 406 g/mol. The predicted molar refractivity (Wildman–Crippen MR) is 128 cm³/mol. The smallest absolute Gasteiger partial charge is 0.227 e. The highest BCUT2D eigenvalue weighted by molar-refractivity contribution is 6.11. The number of aryl methyl sites for hydroxylation is 3. The van der Waals surface area contributed by atoms with Gasteiger partial charge in [-0.1, -0.05) is 31.0 Å². The topological polar surface area (TPSA) is 38.9 Å². The van der Waals surface area contributed by atoms with E-state index in [9.17, 15) is 0 Å². The highest BCUT2D eigenvalue weighted by Gasteiger charge is 2.22. The summed E-state index contributed by atoms with van der Waals surface area (Å²) < 4.78 is 6.34. The summed E-state index contributed by atoms with van der Waals surface area (Å²) in [7, 11) is 0. The number of rotatable bonds is 2. The summed E-state index contributed by atoms with van der Waals surface area (Å²) in [6.07, 6.45) is 5.25. The zero-order valence-corrected chi connectivity index (χ0v) is 18.3. The van der Waals surface area contributed by atoms with Crippen molar-refractivity contribution in [3.8, 4) is 11.3 Å². The Labute approximate surface area is 182 Å². The molecule has 3 nitrogen and oxygen atoms in total. The van der Waals surface area contributed by atoms with Crippen LogP contribution in [0.1, 0.15) is 54.1 Å². The molecule has 0 spiro atoms. The zero-order chi connectivity index (χ0) is 21.1. The molecular formula is C28H26N2O. The van der Waals surface area contributed by atoms with Crippen molar-refractivity contribution in [1.29, 1.82) is 0 Å². The van der Waals surface area contributed by atoms with E-state index in [2.05, 4.69) is 61.3 Å². The Morgan fingerprint density at radius 1 is 0.774 bits per heavy atom. The van der Waals surface area contributed by atoms with Crippen LogP contribution >= 0.6 is 0 Å². The first-order valence-corrected chi connectivity index (χ1v) is 11.3. The Hall–Kier alpha value is -3.20. The lowest BCUT2D eigenvalue weighted by molar-refractivity contribution is 0.653. The molecule has 0 bridgehead atoms. The Balaban J connectivity index is 1.68. The van der Waals surface area contributed by atoms with Crippen molar-refractivity contribution < 1.29 is 4.42 Å². The molecular weight excluding hydrogens is 380 g/mol. The third kappa shape index (κ3) is 2.95. The fraction of sp³-hybridized carbons (Fsp3) is 0.286. The van der Waals surface area contributed by atoms with E-state index in [0.717, 1.165) is 39.0 Å². The summed E-state index contributed by atoms with van der Waals surface area (Å²) >= 11 is 0. The molecule has 5 aromatic rings. The molecule has 0 radical (unpaired) electrons. The molecule has 31 heavy (non-hydrogen) atoms. The van der Waals surface area contributed by atoms with E-state index in [1.165, 1.54) is 47.6 Å². The number of furan rings is 1. The van der Waals surface area contributed by atoms with Crippen LogP contribution in [0.4, 0.5) is 0 Å². The van der Waals surface area contributed by atoms with Crippen molar-refractivity contribution in [2.24, 2.45) is 0 Å². The van der Waals surface area contributed by atoms with E-state index >= 15 is 0 Å². The van der Waals surface area contributed by atoms with Crippen molar-refractivity contribution in [2.75, 3.05) is 0 Å². The highest BCUT2D eigenvalue weighted by Crippen LogP contribution is 2.42. The van der Waals surface area contributed by atoms with Crippen LogP contribution in [0.2, 0.25) is 0 Å². The van der Waals surface area contributed by atoms with Gasteiger partial charge in [0.25, 0.3) is 0 Å². The molecule has 2 aromatic carbocycles. The quantitative estimate of drug-likeness (QED) is 0.300. The fourth-order valence-electron chi connectivity index (χ4n) is 5.40. The van der Waals surface area contributed by atoms with Crippen LogP contribution in [0, 0.1) is 20.8 Å². The third-order valence-electron chi connectivity index (χ3n) is 6.81. The molecule has 6 rings (SSSR count). The zero-order valence-electron chi connectivity index (χ0n) is 18.3. The molecule has 0 unspecified atom stereocenters. The van der Waals surface area contributed by atoms with Gasteiger partial charge >= 0.3 is 0 Å². The van der Waals surface area contributed by atoms with Gasteiger partial charge in [0.15, 0.2) is 0 Å². The first-order chi connectivity index (χ1) is 15.1. The standard InChI is InChI=1S/C28H26N2O/c1-16-13-24-22-12-11-17(2)30-28(22)31-27(24)25(14-16)26-21-10-6-9-20(19-7-4-5-8-19)23(21)15-18(3)29-26/h6,9-15,19H,4-5,7-8H2,1-3H3. The maximum absolute atomic E-state index is 6.34. The maximum Gasteiger partial charge on any atom is 0.227 e. The second-order valence-electron chi connectivity index (χ2n) is 9.13. The Morgan fingerprint density at radius 3 is 2.45 bits per heavy atom. The van der Waals surface area contributed by atoms with Crippen LogP contribution in [0.5, 0.6) is 0 Å². The van der Waals surface area contributed by atoms with Gasteiger partial charge in [0.05, 0.1) is 5.69 Å². The predicted octanol–water partition coefficient (Wildman–Crippen LogP) is 7.78. The average molecular weight is 407 g/mol. The SMILES string of the molecule is Cc1cc(-c2nc(C)cc3c(C4CCCC4)cccc23)c2oc3nc(C)ccc3c2c1. The van der Waals surface area contributed by atoms with Gasteiger partial charge in [-0.05, 0) is 86.4 Å². The third-order valence-corrected chi connectivity index (χ3v) is 6.81. The van der Waals surface area contributed by atoms with Gasteiger partial charge in [-0.2, -0.15) is 0 Å². The van der Waals surface area contributed by atoms with E-state index in [1.807, 2.05) is 13.0 Å². The molecule has 0 saturated heterocycles. The summed E-state index contributed by atoms with van der Waals surface area (Å²) in [4.78, 5) is 9.67. The molecule has 3 heterocycles. The van der Waals surface area contributed by atoms with Gasteiger partial charge in [0.1, 0.15) is 5.58 Å². The first kappa shape index (κ1) is 18.6. The van der Waals surface area contributed by atoms with Crippen molar-refractivity contribution >= 4 is 32.8 Å². The number of aromatic nitrogens is 2. The van der Waals surface area contributed by atoms with Crippen molar-refractivity contribution in [1.82, 2.24) is 9.97 Å². The summed E-state index contributed by atoms with van der Waals surface area (Å²) in [5.41, 5.74) is 8.34. The lowest BCUT2D eigenvalue weighted by Crippen LogP contribution is -1.97. The van der Waals surface area contributed by atoms with Crippen LogP contribution in [-0.4, -0.2) is 9.97 Å². The van der Waals surface area contributed by atoms with Crippen LogP contribution < -0.4 is 0 Å². The fourth-order valence-corrected chi connectivity index (χ4v) is 5.40. The molecule has 0 aliphatic heterocycles. The second-order valence-corrected chi connectivity index (χ2v) is 9.13. The maximum atomic E-state index is 6.34. The van der Waals surface area contributed by atoms with E-state index in [4.69, 9.17) is 9.40 Å². The molecule has 0 atom stereocenters. The molecule has 3 aromatic heterocycles. The molecule has 3 heteroatoms. The van der Waals surface area contributed by atoms with Crippen molar-refractivity contribution in [3.05, 3.63) is 71.0 Å². The van der Waals surface area contributed by atoms with Gasteiger partial charge in [0, 0.05) is 33.1 Å². The van der Waals surface area contributed by atoms with Crippen molar-refractivity contribution in [3.63, 3.8) is 0 Å². The molecule has 154 valence electrons. The summed E-state index contributed by atoms with van der Waals surface area (Å²) in [6.45, 7) is 6.25. The van der Waals surface area contributed by atoms with Gasteiger partial charge in [0.2, 0.25) is 5.71 Å². The van der Waals surface area contributed by atoms with Gasteiger partial charge < -0.3 is 4.42 Å². The number of hydrogen-bond acceptors (Lipinski definition) is 3. The van der Waals surface area contributed by atoms with Gasteiger partial charge in [-0.25, -0.2) is 4.98 Å². The second kappa shape index (κ2) is 6.91. The molecule has 1 aliphatic carbocycles. The normalized spacial score (nSPS) is 14.9. The summed E-state index contributed by atoms with van der Waals surface area (Å²) in [5, 5.41) is 4.73. The van der Waals surface area contributed by atoms with Gasteiger partial charge in [-0.15, -0.1) is 0 Å². The van der Waals surface area contributed by atoms with E-state index < -0.39 is 0 Å². The lowest BCUT2D eigenvalue weighted by Gasteiger charge is -2.16. The van der Waals surface area contributed by atoms with Crippen LogP contribution in [-0.2, 0) is 0 Å². The largest absolute Gasteiger partial charge is 0.437 e. The number of pyridine rings is 2. The molecule has 1 fully saturated rings. The van der Waals surface area contributed by atoms with Gasteiger partial charge in [-0.3, -0.25) is 4.98 Å². The van der Waals surface area contributed by atoms with Crippen molar-refractivity contribution in [2.45, 2.75) is 52.4 Å². The average Bonchev–Trinajstić information content (AvgIpc) is 3.40. The minimum atomic E-state index is 0.661. The minimum Gasteiger partial charge on any atom is -0.437 e. The number of benzene rings is 2. The first-order valence-electron chi connectivity index (χ1n) is 11.3. The van der Waals surface area contributed by atoms with E-state index in [-0.39, 0.29) is 0 Å². The van der Waals surface area contributed by atoms with Crippen LogP contribution in [0.3, 0.4) is 0 Å². The number of nitrogens with zero attached hydrogens (tertiary/aromatic N) is 2. The Morgan fingerprint density at radius 2 is 1.61 bits per heavy atom. The summed E-state index contributed by atoms with van der Waals surface area (Å²) in [6, 6.07) is 17.6. The lowest BCUT2D eigenvalue weighted by atomic mass is 9.90. The number of fused-ring (bicyclic) bond motifs is 4. The van der Waals surface area contributed by atoms with E-state index in [0.29, 0.717) is 11.6 Å². The number of hydrogen-bond donors (Lipinski definition) is 0. The summed E-state index contributed by atoms with van der Waals surface area (Å²) in [5.74, 6) is 0.661. The van der Waals surface area contributed by atoms with Crippen LogP contribution in [0.15, 0.2) is 52.9 Å². The Kier molecular flexibility index (Phi) is 4.14. The molecule has 0 amide bonds. The highest BCUT2D eigenvalue weighted by atomic mass is 16.3. The minimum absolute atomic E-state index is 0.661. The molecule has 0 N–H and O–H groups in total. The Bertz CT molecular complexity index is 1470.